The second-order valence-corrected chi connectivity index (χ2v) is 4.63. The lowest BCUT2D eigenvalue weighted by Crippen LogP contribution is -2.25. The fourth-order valence-electron chi connectivity index (χ4n) is 2.29. The third kappa shape index (κ3) is 2.35. The van der Waals surface area contributed by atoms with Gasteiger partial charge in [0.1, 0.15) is 0 Å². The smallest absolute Gasteiger partial charge is 0.0636 e. The topological polar surface area (TPSA) is 37.2 Å². The Hall–Kier alpha value is -1.32. The molecule has 0 unspecified atom stereocenters. The molecule has 1 heterocycles. The highest BCUT2D eigenvalue weighted by atomic mass is 16.3. The summed E-state index contributed by atoms with van der Waals surface area (Å²) in [5.41, 5.74) is 3.87. The van der Waals surface area contributed by atoms with E-state index in [9.17, 15) is 5.11 Å². The maximum atomic E-state index is 9.24. The van der Waals surface area contributed by atoms with Crippen molar-refractivity contribution in [3.8, 4) is 0 Å². The molecule has 0 aliphatic heterocycles. The Morgan fingerprint density at radius 3 is 2.71 bits per heavy atom. The lowest BCUT2D eigenvalue weighted by atomic mass is 10.1. The molecular weight excluding hydrogens is 212 g/mol. The third-order valence-electron chi connectivity index (χ3n) is 3.24. The summed E-state index contributed by atoms with van der Waals surface area (Å²) in [6.07, 6.45) is -0.301. The van der Waals surface area contributed by atoms with Crippen LogP contribution in [-0.2, 0) is 13.6 Å². The molecule has 0 bridgehead atoms. The molecule has 3 nitrogen and oxygen atoms in total. The van der Waals surface area contributed by atoms with Gasteiger partial charge in [0, 0.05) is 36.7 Å². The summed E-state index contributed by atoms with van der Waals surface area (Å²) >= 11 is 0. The first kappa shape index (κ1) is 12.1. The second-order valence-electron chi connectivity index (χ2n) is 4.63. The lowest BCUT2D eigenvalue weighted by Gasteiger charge is -2.09. The quantitative estimate of drug-likeness (QED) is 0.845. The fraction of sp³-hybridized carbons (Fsp3) is 0.429. The first-order chi connectivity index (χ1) is 8.11. The van der Waals surface area contributed by atoms with Crippen molar-refractivity contribution in [3.05, 3.63) is 35.5 Å². The minimum absolute atomic E-state index is 0.301. The maximum Gasteiger partial charge on any atom is 0.0636 e. The van der Waals surface area contributed by atoms with E-state index < -0.39 is 0 Å². The minimum atomic E-state index is -0.301. The largest absolute Gasteiger partial charge is 0.392 e. The number of rotatable bonds is 4. The number of fused-ring (bicyclic) bond motifs is 1. The molecule has 0 fully saturated rings. The molecule has 1 aromatic carbocycles. The molecule has 0 radical (unpaired) electrons. The Morgan fingerprint density at radius 1 is 1.35 bits per heavy atom. The van der Waals surface area contributed by atoms with Crippen LogP contribution in [0.4, 0.5) is 0 Å². The van der Waals surface area contributed by atoms with Crippen molar-refractivity contribution < 1.29 is 5.11 Å². The number of hydrogen-bond acceptors (Lipinski definition) is 2. The average molecular weight is 232 g/mol. The minimum Gasteiger partial charge on any atom is -0.392 e. The zero-order valence-electron chi connectivity index (χ0n) is 10.7. The van der Waals surface area contributed by atoms with Gasteiger partial charge in [-0.1, -0.05) is 18.2 Å². The zero-order valence-corrected chi connectivity index (χ0v) is 10.7. The van der Waals surface area contributed by atoms with Gasteiger partial charge in [0.2, 0.25) is 0 Å². The number of benzene rings is 1. The molecule has 0 spiro atoms. The standard InChI is InChI=1S/C14H20N2O/c1-10(17)8-15-9-14-11(2)12-6-4-5-7-13(12)16(14)3/h4-7,10,15,17H,8-9H2,1-3H3/t10-/m1/s1. The first-order valence-electron chi connectivity index (χ1n) is 6.03. The van der Waals surface area contributed by atoms with Crippen molar-refractivity contribution in [2.45, 2.75) is 26.5 Å². The van der Waals surface area contributed by atoms with Crippen LogP contribution in [0.15, 0.2) is 24.3 Å². The number of aliphatic hydroxyl groups excluding tert-OH is 1. The van der Waals surface area contributed by atoms with Crippen LogP contribution in [0, 0.1) is 6.92 Å². The summed E-state index contributed by atoms with van der Waals surface area (Å²) in [4.78, 5) is 0. The zero-order chi connectivity index (χ0) is 12.4. The Kier molecular flexibility index (Phi) is 3.50. The molecule has 2 rings (SSSR count). The molecule has 3 heteroatoms. The van der Waals surface area contributed by atoms with E-state index in [1.54, 1.807) is 6.92 Å². The predicted molar refractivity (Wildman–Crippen MR) is 71.0 cm³/mol. The van der Waals surface area contributed by atoms with Crippen LogP contribution in [0.5, 0.6) is 0 Å². The van der Waals surface area contributed by atoms with Crippen LogP contribution >= 0.6 is 0 Å². The molecule has 2 aromatic rings. The lowest BCUT2D eigenvalue weighted by molar-refractivity contribution is 0.190. The highest BCUT2D eigenvalue weighted by molar-refractivity contribution is 5.85. The van der Waals surface area contributed by atoms with Gasteiger partial charge in [-0.2, -0.15) is 0 Å². The van der Waals surface area contributed by atoms with Gasteiger partial charge in [0.25, 0.3) is 0 Å². The number of aliphatic hydroxyl groups is 1. The third-order valence-corrected chi connectivity index (χ3v) is 3.24. The van der Waals surface area contributed by atoms with Gasteiger partial charge in [-0.25, -0.2) is 0 Å². The Balaban J connectivity index is 2.28. The molecule has 0 aliphatic carbocycles. The van der Waals surface area contributed by atoms with E-state index in [2.05, 4.69) is 48.1 Å². The van der Waals surface area contributed by atoms with Crippen molar-refractivity contribution in [1.82, 2.24) is 9.88 Å². The van der Waals surface area contributed by atoms with Crippen LogP contribution in [0.3, 0.4) is 0 Å². The van der Waals surface area contributed by atoms with Crippen molar-refractivity contribution in [2.24, 2.45) is 7.05 Å². The monoisotopic (exact) mass is 232 g/mol. The SMILES string of the molecule is Cc1c(CNC[C@@H](C)O)n(C)c2ccccc12. The van der Waals surface area contributed by atoms with E-state index in [1.165, 1.54) is 22.2 Å². The molecular formula is C14H20N2O. The van der Waals surface area contributed by atoms with Crippen molar-refractivity contribution in [3.63, 3.8) is 0 Å². The number of aromatic nitrogens is 1. The van der Waals surface area contributed by atoms with Crippen LogP contribution < -0.4 is 5.32 Å². The molecule has 0 saturated heterocycles. The molecule has 1 atom stereocenters. The number of para-hydroxylation sites is 1. The number of nitrogens with one attached hydrogen (secondary N) is 1. The van der Waals surface area contributed by atoms with E-state index in [4.69, 9.17) is 0 Å². The van der Waals surface area contributed by atoms with Crippen molar-refractivity contribution in [2.75, 3.05) is 6.54 Å². The van der Waals surface area contributed by atoms with Gasteiger partial charge in [-0.3, -0.25) is 0 Å². The summed E-state index contributed by atoms with van der Waals surface area (Å²) in [5, 5.41) is 13.8. The van der Waals surface area contributed by atoms with Gasteiger partial charge in [-0.15, -0.1) is 0 Å². The number of aryl methyl sites for hydroxylation is 2. The van der Waals surface area contributed by atoms with E-state index in [0.717, 1.165) is 6.54 Å². The van der Waals surface area contributed by atoms with E-state index in [0.29, 0.717) is 6.54 Å². The number of nitrogens with zero attached hydrogens (tertiary/aromatic N) is 1. The number of hydrogen-bond donors (Lipinski definition) is 2. The van der Waals surface area contributed by atoms with Crippen LogP contribution in [-0.4, -0.2) is 22.3 Å². The van der Waals surface area contributed by atoms with E-state index >= 15 is 0 Å². The molecule has 17 heavy (non-hydrogen) atoms. The van der Waals surface area contributed by atoms with Gasteiger partial charge in [0.15, 0.2) is 0 Å². The summed E-state index contributed by atoms with van der Waals surface area (Å²) in [6, 6.07) is 8.43. The van der Waals surface area contributed by atoms with Crippen LogP contribution in [0.25, 0.3) is 10.9 Å². The Morgan fingerprint density at radius 2 is 2.06 bits per heavy atom. The average Bonchev–Trinajstić information content (AvgIpc) is 2.54. The van der Waals surface area contributed by atoms with E-state index in [1.807, 2.05) is 0 Å². The van der Waals surface area contributed by atoms with Gasteiger partial charge >= 0.3 is 0 Å². The Bertz CT molecular complexity index is 475. The molecule has 2 N–H and O–H groups in total. The summed E-state index contributed by atoms with van der Waals surface area (Å²) in [6.45, 7) is 5.37. The van der Waals surface area contributed by atoms with E-state index in [-0.39, 0.29) is 6.10 Å². The fourth-order valence-corrected chi connectivity index (χ4v) is 2.29. The summed E-state index contributed by atoms with van der Waals surface area (Å²) < 4.78 is 2.22. The van der Waals surface area contributed by atoms with Gasteiger partial charge < -0.3 is 15.0 Å². The van der Waals surface area contributed by atoms with Crippen molar-refractivity contribution in [1.29, 1.82) is 0 Å². The molecule has 0 aliphatic rings. The molecule has 0 saturated carbocycles. The van der Waals surface area contributed by atoms with Crippen LogP contribution in [0.2, 0.25) is 0 Å². The summed E-state index contributed by atoms with van der Waals surface area (Å²) in [5.74, 6) is 0. The van der Waals surface area contributed by atoms with Crippen molar-refractivity contribution >= 4 is 10.9 Å². The maximum absolute atomic E-state index is 9.24. The van der Waals surface area contributed by atoms with Gasteiger partial charge in [-0.05, 0) is 25.5 Å². The van der Waals surface area contributed by atoms with Crippen LogP contribution in [0.1, 0.15) is 18.2 Å². The van der Waals surface area contributed by atoms with Gasteiger partial charge in [0.05, 0.1) is 6.10 Å². The summed E-state index contributed by atoms with van der Waals surface area (Å²) in [7, 11) is 2.09. The first-order valence-corrected chi connectivity index (χ1v) is 6.03. The normalized spacial score (nSPS) is 13.2. The highest BCUT2D eigenvalue weighted by Gasteiger charge is 2.10. The molecule has 0 amide bonds. The Labute approximate surface area is 102 Å². The predicted octanol–water partition coefficient (Wildman–Crippen LogP) is 1.96. The molecule has 1 aromatic heterocycles. The molecule has 92 valence electrons. The second kappa shape index (κ2) is 4.90. The highest BCUT2D eigenvalue weighted by Crippen LogP contribution is 2.24.